The molecule has 0 saturated carbocycles. The predicted octanol–water partition coefficient (Wildman–Crippen LogP) is 4.08. The molecule has 5 heteroatoms. The summed E-state index contributed by atoms with van der Waals surface area (Å²) in [5, 5.41) is 12.2. The van der Waals surface area contributed by atoms with Crippen LogP contribution in [0, 0.1) is 11.3 Å². The molecule has 0 unspecified atom stereocenters. The lowest BCUT2D eigenvalue weighted by atomic mass is 10.2. The highest BCUT2D eigenvalue weighted by Crippen LogP contribution is 2.32. The van der Waals surface area contributed by atoms with Crippen molar-refractivity contribution in [3.05, 3.63) is 46.4 Å². The quantitative estimate of drug-likeness (QED) is 0.916. The Morgan fingerprint density at radius 2 is 1.90 bits per heavy atom. The number of halogens is 1. The molecule has 0 aliphatic rings. The van der Waals surface area contributed by atoms with Crippen LogP contribution in [0.3, 0.4) is 0 Å². The van der Waals surface area contributed by atoms with Crippen molar-refractivity contribution >= 4 is 27.3 Å². The molecule has 0 aromatic heterocycles. The number of nitrogens with one attached hydrogen (secondary N) is 1. The Hall–Kier alpha value is -2.19. The molecule has 0 spiro atoms. The molecule has 0 bridgehead atoms. The van der Waals surface area contributed by atoms with Crippen molar-refractivity contribution in [1.82, 2.24) is 0 Å². The number of hydrogen-bond acceptors (Lipinski definition) is 4. The van der Waals surface area contributed by atoms with Crippen LogP contribution in [0.15, 0.2) is 40.9 Å². The van der Waals surface area contributed by atoms with Gasteiger partial charge in [0.2, 0.25) is 0 Å². The Labute approximate surface area is 126 Å². The van der Waals surface area contributed by atoms with Crippen LogP contribution < -0.4 is 14.8 Å². The van der Waals surface area contributed by atoms with Gasteiger partial charge in [-0.25, -0.2) is 0 Å². The van der Waals surface area contributed by atoms with Gasteiger partial charge in [-0.05, 0) is 46.3 Å². The molecule has 0 atom stereocenters. The summed E-state index contributed by atoms with van der Waals surface area (Å²) in [6.07, 6.45) is 0. The Bertz CT molecular complexity index is 665. The molecule has 0 saturated heterocycles. The number of ether oxygens (including phenoxy) is 2. The van der Waals surface area contributed by atoms with Crippen LogP contribution in [0.4, 0.5) is 11.4 Å². The van der Waals surface area contributed by atoms with Crippen molar-refractivity contribution in [3.8, 4) is 17.6 Å². The zero-order chi connectivity index (χ0) is 14.5. The third kappa shape index (κ3) is 3.03. The molecule has 2 aromatic carbocycles. The largest absolute Gasteiger partial charge is 0.497 e. The van der Waals surface area contributed by atoms with Crippen LogP contribution in [0.2, 0.25) is 0 Å². The van der Waals surface area contributed by atoms with Crippen LogP contribution in [0.5, 0.6) is 11.5 Å². The topological polar surface area (TPSA) is 54.3 Å². The fourth-order valence-corrected chi connectivity index (χ4v) is 2.21. The molecular formula is C15H13BrN2O2. The van der Waals surface area contributed by atoms with Crippen molar-refractivity contribution in [3.63, 3.8) is 0 Å². The molecule has 0 radical (unpaired) electrons. The van der Waals surface area contributed by atoms with Crippen molar-refractivity contribution in [2.75, 3.05) is 19.5 Å². The number of nitrogens with zero attached hydrogens (tertiary/aromatic N) is 1. The number of benzene rings is 2. The van der Waals surface area contributed by atoms with E-state index in [0.717, 1.165) is 21.6 Å². The summed E-state index contributed by atoms with van der Waals surface area (Å²) in [6, 6.07) is 13.1. The first kappa shape index (κ1) is 14.2. The summed E-state index contributed by atoms with van der Waals surface area (Å²) < 4.78 is 11.2. The summed E-state index contributed by atoms with van der Waals surface area (Å²) >= 11 is 3.37. The van der Waals surface area contributed by atoms with E-state index in [1.165, 1.54) is 0 Å². The zero-order valence-corrected chi connectivity index (χ0v) is 12.7. The second kappa shape index (κ2) is 6.31. The highest BCUT2D eigenvalue weighted by atomic mass is 79.9. The first-order valence-electron chi connectivity index (χ1n) is 5.86. The van der Waals surface area contributed by atoms with Gasteiger partial charge in [-0.3, -0.25) is 0 Å². The van der Waals surface area contributed by atoms with Crippen LogP contribution >= 0.6 is 15.9 Å². The SMILES string of the molecule is COc1ccc(Nc2ccc(C#N)c(Br)c2)c(OC)c1. The van der Waals surface area contributed by atoms with Gasteiger partial charge in [-0.2, -0.15) is 5.26 Å². The second-order valence-corrected chi connectivity index (χ2v) is 4.85. The standard InChI is InChI=1S/C15H13BrN2O2/c1-19-12-5-6-14(15(8-12)20-2)18-11-4-3-10(9-17)13(16)7-11/h3-8,18H,1-2H3. The third-order valence-corrected chi connectivity index (χ3v) is 3.43. The summed E-state index contributed by atoms with van der Waals surface area (Å²) in [7, 11) is 3.22. The fraction of sp³-hybridized carbons (Fsp3) is 0.133. The molecule has 0 fully saturated rings. The Morgan fingerprint density at radius 1 is 1.10 bits per heavy atom. The number of anilines is 2. The maximum Gasteiger partial charge on any atom is 0.145 e. The maximum atomic E-state index is 8.90. The average molecular weight is 333 g/mol. The van der Waals surface area contributed by atoms with E-state index in [2.05, 4.69) is 27.3 Å². The maximum absolute atomic E-state index is 8.90. The van der Waals surface area contributed by atoms with Crippen LogP contribution in [-0.2, 0) is 0 Å². The smallest absolute Gasteiger partial charge is 0.145 e. The lowest BCUT2D eigenvalue weighted by molar-refractivity contribution is 0.395. The van der Waals surface area contributed by atoms with E-state index in [-0.39, 0.29) is 0 Å². The normalized spacial score (nSPS) is 9.70. The summed E-state index contributed by atoms with van der Waals surface area (Å²) in [4.78, 5) is 0. The monoisotopic (exact) mass is 332 g/mol. The summed E-state index contributed by atoms with van der Waals surface area (Å²) in [6.45, 7) is 0. The molecular weight excluding hydrogens is 320 g/mol. The van der Waals surface area contributed by atoms with Crippen molar-refractivity contribution < 1.29 is 9.47 Å². The number of nitriles is 1. The van der Waals surface area contributed by atoms with E-state index in [1.807, 2.05) is 24.3 Å². The van der Waals surface area contributed by atoms with E-state index in [9.17, 15) is 0 Å². The van der Waals surface area contributed by atoms with Crippen LogP contribution in [-0.4, -0.2) is 14.2 Å². The molecule has 0 aliphatic carbocycles. The summed E-state index contributed by atoms with van der Waals surface area (Å²) in [5.74, 6) is 1.42. The third-order valence-electron chi connectivity index (χ3n) is 2.78. The van der Waals surface area contributed by atoms with E-state index in [4.69, 9.17) is 14.7 Å². The zero-order valence-electron chi connectivity index (χ0n) is 11.1. The molecule has 2 rings (SSSR count). The summed E-state index contributed by atoms with van der Waals surface area (Å²) in [5.41, 5.74) is 2.28. The van der Waals surface area contributed by atoms with E-state index in [1.54, 1.807) is 26.4 Å². The van der Waals surface area contributed by atoms with Gasteiger partial charge in [-0.1, -0.05) is 0 Å². The minimum Gasteiger partial charge on any atom is -0.497 e. The Balaban J connectivity index is 2.30. The number of methoxy groups -OCH3 is 2. The Kier molecular flexibility index (Phi) is 4.49. The second-order valence-electron chi connectivity index (χ2n) is 4.00. The van der Waals surface area contributed by atoms with Crippen molar-refractivity contribution in [2.24, 2.45) is 0 Å². The van der Waals surface area contributed by atoms with Crippen LogP contribution in [0.25, 0.3) is 0 Å². The van der Waals surface area contributed by atoms with Crippen molar-refractivity contribution in [1.29, 1.82) is 5.26 Å². The van der Waals surface area contributed by atoms with E-state index in [0.29, 0.717) is 11.3 Å². The molecule has 1 N–H and O–H groups in total. The average Bonchev–Trinajstić information content (AvgIpc) is 2.48. The van der Waals surface area contributed by atoms with Gasteiger partial charge in [0.25, 0.3) is 0 Å². The van der Waals surface area contributed by atoms with Gasteiger partial charge < -0.3 is 14.8 Å². The first-order chi connectivity index (χ1) is 9.67. The van der Waals surface area contributed by atoms with Gasteiger partial charge in [0.15, 0.2) is 0 Å². The van der Waals surface area contributed by atoms with Crippen molar-refractivity contribution in [2.45, 2.75) is 0 Å². The predicted molar refractivity (Wildman–Crippen MR) is 81.7 cm³/mol. The molecule has 4 nitrogen and oxygen atoms in total. The van der Waals surface area contributed by atoms with Gasteiger partial charge in [-0.15, -0.1) is 0 Å². The van der Waals surface area contributed by atoms with Gasteiger partial charge in [0.1, 0.15) is 17.6 Å². The highest BCUT2D eigenvalue weighted by Gasteiger charge is 2.06. The molecule has 0 amide bonds. The lowest BCUT2D eigenvalue weighted by Gasteiger charge is -2.13. The van der Waals surface area contributed by atoms with E-state index >= 15 is 0 Å². The Morgan fingerprint density at radius 3 is 2.50 bits per heavy atom. The minimum absolute atomic E-state index is 0.595. The fourth-order valence-electron chi connectivity index (χ4n) is 1.74. The van der Waals surface area contributed by atoms with E-state index < -0.39 is 0 Å². The molecule has 102 valence electrons. The number of rotatable bonds is 4. The molecule has 0 heterocycles. The highest BCUT2D eigenvalue weighted by molar-refractivity contribution is 9.10. The molecule has 2 aromatic rings. The van der Waals surface area contributed by atoms with Gasteiger partial charge in [0.05, 0.1) is 25.5 Å². The minimum atomic E-state index is 0.595. The first-order valence-corrected chi connectivity index (χ1v) is 6.66. The van der Waals surface area contributed by atoms with Gasteiger partial charge in [0, 0.05) is 16.2 Å². The van der Waals surface area contributed by atoms with Gasteiger partial charge >= 0.3 is 0 Å². The lowest BCUT2D eigenvalue weighted by Crippen LogP contribution is -1.96. The number of hydrogen-bond donors (Lipinski definition) is 1. The van der Waals surface area contributed by atoms with Crippen LogP contribution in [0.1, 0.15) is 5.56 Å². The molecule has 0 aliphatic heterocycles. The molecule has 20 heavy (non-hydrogen) atoms.